The summed E-state index contributed by atoms with van der Waals surface area (Å²) in [6.45, 7) is 0.637. The molecule has 102 valence electrons. The highest BCUT2D eigenvalue weighted by Crippen LogP contribution is 2.34. The van der Waals surface area contributed by atoms with E-state index in [1.54, 1.807) is 18.2 Å². The number of carbonyl (C=O) groups is 1. The van der Waals surface area contributed by atoms with Crippen molar-refractivity contribution < 1.29 is 4.79 Å². The third kappa shape index (κ3) is 2.37. The molecule has 1 atom stereocenters. The molecule has 1 aliphatic carbocycles. The molecular weight excluding hydrogens is 272 g/mol. The molecule has 4 heteroatoms. The van der Waals surface area contributed by atoms with E-state index in [0.29, 0.717) is 28.7 Å². The van der Waals surface area contributed by atoms with E-state index in [9.17, 15) is 4.79 Å². The minimum absolute atomic E-state index is 0.149. The van der Waals surface area contributed by atoms with Gasteiger partial charge in [0.2, 0.25) is 0 Å². The van der Waals surface area contributed by atoms with Crippen molar-refractivity contribution in [3.63, 3.8) is 0 Å². The molecule has 1 amide bonds. The van der Waals surface area contributed by atoms with E-state index < -0.39 is 0 Å². The maximum Gasteiger partial charge on any atom is 0.253 e. The van der Waals surface area contributed by atoms with Gasteiger partial charge in [-0.25, -0.2) is 0 Å². The molecule has 0 aliphatic heterocycles. The maximum atomic E-state index is 12.1. The van der Waals surface area contributed by atoms with Gasteiger partial charge in [0.1, 0.15) is 0 Å². The van der Waals surface area contributed by atoms with Crippen molar-refractivity contribution in [1.29, 1.82) is 0 Å². The van der Waals surface area contributed by atoms with Crippen molar-refractivity contribution >= 4 is 23.2 Å². The lowest BCUT2D eigenvalue weighted by Crippen LogP contribution is -2.33. The van der Waals surface area contributed by atoms with Gasteiger partial charge in [-0.05, 0) is 35.7 Å². The lowest BCUT2D eigenvalue weighted by molar-refractivity contribution is 0.0951. The number of fused-ring (bicyclic) bond motifs is 1. The monoisotopic (exact) mass is 286 g/mol. The standard InChI is InChI=1S/C16H15ClN2O/c17-12-5-6-14(15(18)8-12)16(20)19-9-11-7-10-3-1-2-4-13(10)11/h1-6,8,11H,7,9,18H2,(H,19,20). The van der Waals surface area contributed by atoms with Gasteiger partial charge in [0.15, 0.2) is 0 Å². The van der Waals surface area contributed by atoms with Crippen LogP contribution in [0.4, 0.5) is 5.69 Å². The van der Waals surface area contributed by atoms with Crippen LogP contribution in [-0.4, -0.2) is 12.5 Å². The van der Waals surface area contributed by atoms with Crippen LogP contribution in [0.1, 0.15) is 27.4 Å². The van der Waals surface area contributed by atoms with E-state index in [2.05, 4.69) is 17.4 Å². The number of nitrogens with two attached hydrogens (primary N) is 1. The molecule has 2 aromatic rings. The fraction of sp³-hybridized carbons (Fsp3) is 0.188. The van der Waals surface area contributed by atoms with Crippen LogP contribution >= 0.6 is 11.6 Å². The average Bonchev–Trinajstić information content (AvgIpc) is 2.39. The van der Waals surface area contributed by atoms with Gasteiger partial charge >= 0.3 is 0 Å². The highest BCUT2D eigenvalue weighted by atomic mass is 35.5. The smallest absolute Gasteiger partial charge is 0.253 e. The van der Waals surface area contributed by atoms with Crippen molar-refractivity contribution in [1.82, 2.24) is 5.32 Å². The van der Waals surface area contributed by atoms with Gasteiger partial charge in [-0.1, -0.05) is 35.9 Å². The molecule has 20 heavy (non-hydrogen) atoms. The van der Waals surface area contributed by atoms with Gasteiger partial charge in [0.05, 0.1) is 5.56 Å². The zero-order chi connectivity index (χ0) is 14.1. The topological polar surface area (TPSA) is 55.1 Å². The van der Waals surface area contributed by atoms with Crippen LogP contribution in [-0.2, 0) is 6.42 Å². The highest BCUT2D eigenvalue weighted by Gasteiger charge is 2.25. The Kier molecular flexibility index (Phi) is 3.36. The summed E-state index contributed by atoms with van der Waals surface area (Å²) in [4.78, 5) is 12.1. The Labute approximate surface area is 122 Å². The molecule has 2 aromatic carbocycles. The molecule has 1 aliphatic rings. The highest BCUT2D eigenvalue weighted by molar-refractivity contribution is 6.31. The molecular formula is C16H15ClN2O. The molecule has 3 rings (SSSR count). The number of amides is 1. The van der Waals surface area contributed by atoms with Gasteiger partial charge in [-0.15, -0.1) is 0 Å². The molecule has 0 radical (unpaired) electrons. The van der Waals surface area contributed by atoms with Crippen molar-refractivity contribution in [3.05, 3.63) is 64.2 Å². The number of hydrogen-bond acceptors (Lipinski definition) is 2. The lowest BCUT2D eigenvalue weighted by atomic mass is 9.77. The van der Waals surface area contributed by atoms with Crippen LogP contribution in [0.5, 0.6) is 0 Å². The molecule has 0 fully saturated rings. The summed E-state index contributed by atoms with van der Waals surface area (Å²) in [6.07, 6.45) is 1.02. The number of rotatable bonds is 3. The van der Waals surface area contributed by atoms with E-state index in [0.717, 1.165) is 6.42 Å². The minimum Gasteiger partial charge on any atom is -0.398 e. The summed E-state index contributed by atoms with van der Waals surface area (Å²) in [6, 6.07) is 13.2. The average molecular weight is 287 g/mol. The first kappa shape index (κ1) is 13.0. The largest absolute Gasteiger partial charge is 0.398 e. The van der Waals surface area contributed by atoms with Crippen molar-refractivity contribution in [3.8, 4) is 0 Å². The Morgan fingerprint density at radius 2 is 2.10 bits per heavy atom. The van der Waals surface area contributed by atoms with E-state index in [4.69, 9.17) is 17.3 Å². The number of benzene rings is 2. The normalized spacial score (nSPS) is 16.1. The Hall–Kier alpha value is -2.00. The van der Waals surface area contributed by atoms with Gasteiger partial charge in [0.25, 0.3) is 5.91 Å². The summed E-state index contributed by atoms with van der Waals surface area (Å²) in [7, 11) is 0. The first-order chi connectivity index (χ1) is 9.65. The Balaban J connectivity index is 1.64. The SMILES string of the molecule is Nc1cc(Cl)ccc1C(=O)NCC1Cc2ccccc21. The molecule has 0 aromatic heterocycles. The second-order valence-corrected chi connectivity index (χ2v) is 5.48. The third-order valence-corrected chi connectivity index (χ3v) is 3.96. The van der Waals surface area contributed by atoms with Gasteiger partial charge in [0, 0.05) is 23.2 Å². The van der Waals surface area contributed by atoms with Gasteiger partial charge < -0.3 is 11.1 Å². The number of carbonyl (C=O) groups excluding carboxylic acids is 1. The number of nitrogens with one attached hydrogen (secondary N) is 1. The third-order valence-electron chi connectivity index (χ3n) is 3.73. The van der Waals surface area contributed by atoms with Gasteiger partial charge in [-0.3, -0.25) is 4.79 Å². The second kappa shape index (κ2) is 5.17. The van der Waals surface area contributed by atoms with E-state index >= 15 is 0 Å². The van der Waals surface area contributed by atoms with Crippen molar-refractivity contribution in [2.45, 2.75) is 12.3 Å². The summed E-state index contributed by atoms with van der Waals surface area (Å²) < 4.78 is 0. The zero-order valence-corrected chi connectivity index (χ0v) is 11.7. The molecule has 1 unspecified atom stereocenters. The van der Waals surface area contributed by atoms with E-state index in [1.807, 2.05) is 12.1 Å². The summed E-state index contributed by atoms with van der Waals surface area (Å²) >= 11 is 5.83. The maximum absolute atomic E-state index is 12.1. The van der Waals surface area contributed by atoms with Crippen LogP contribution in [0.15, 0.2) is 42.5 Å². The molecule has 0 heterocycles. The van der Waals surface area contributed by atoms with E-state index in [-0.39, 0.29) is 5.91 Å². The quantitative estimate of drug-likeness (QED) is 0.852. The second-order valence-electron chi connectivity index (χ2n) is 5.04. The van der Waals surface area contributed by atoms with Crippen molar-refractivity contribution in [2.24, 2.45) is 0 Å². The van der Waals surface area contributed by atoms with Crippen LogP contribution < -0.4 is 11.1 Å². The van der Waals surface area contributed by atoms with Crippen LogP contribution in [0, 0.1) is 0 Å². The molecule has 0 saturated heterocycles. The molecule has 0 spiro atoms. The number of halogens is 1. The predicted molar refractivity (Wildman–Crippen MR) is 81.1 cm³/mol. The molecule has 3 N–H and O–H groups in total. The van der Waals surface area contributed by atoms with Crippen molar-refractivity contribution in [2.75, 3.05) is 12.3 Å². The first-order valence-corrected chi connectivity index (χ1v) is 6.94. The Morgan fingerprint density at radius 3 is 2.85 bits per heavy atom. The number of hydrogen-bond donors (Lipinski definition) is 2. The molecule has 0 bridgehead atoms. The van der Waals surface area contributed by atoms with E-state index in [1.165, 1.54) is 11.1 Å². The minimum atomic E-state index is -0.149. The number of nitrogen functional groups attached to an aromatic ring is 1. The Bertz CT molecular complexity index is 669. The fourth-order valence-corrected chi connectivity index (χ4v) is 2.78. The van der Waals surface area contributed by atoms with Crippen LogP contribution in [0.25, 0.3) is 0 Å². The zero-order valence-electron chi connectivity index (χ0n) is 10.9. The molecule has 3 nitrogen and oxygen atoms in total. The summed E-state index contributed by atoms with van der Waals surface area (Å²) in [5, 5.41) is 3.47. The number of anilines is 1. The summed E-state index contributed by atoms with van der Waals surface area (Å²) in [5.41, 5.74) is 9.39. The van der Waals surface area contributed by atoms with Gasteiger partial charge in [-0.2, -0.15) is 0 Å². The fourth-order valence-electron chi connectivity index (χ4n) is 2.60. The van der Waals surface area contributed by atoms with Crippen LogP contribution in [0.2, 0.25) is 5.02 Å². The predicted octanol–water partition coefficient (Wildman–Crippen LogP) is 2.99. The van der Waals surface area contributed by atoms with Crippen LogP contribution in [0.3, 0.4) is 0 Å². The lowest BCUT2D eigenvalue weighted by Gasteiger charge is -2.30. The first-order valence-electron chi connectivity index (χ1n) is 6.56. The molecule has 0 saturated carbocycles. The summed E-state index contributed by atoms with van der Waals surface area (Å²) in [5.74, 6) is 0.257. The Morgan fingerprint density at radius 1 is 1.30 bits per heavy atom.